The predicted octanol–water partition coefficient (Wildman–Crippen LogP) is 2.60. The lowest BCUT2D eigenvalue weighted by molar-refractivity contribution is 0.128. The van der Waals surface area contributed by atoms with Crippen molar-refractivity contribution in [2.45, 2.75) is 13.0 Å². The van der Waals surface area contributed by atoms with Crippen LogP contribution in [0, 0.1) is 5.92 Å². The van der Waals surface area contributed by atoms with E-state index in [1.54, 1.807) is 7.11 Å². The molecule has 0 radical (unpaired) electrons. The SMILES string of the molecule is COc1ccc(C(O)C(C)CCl)cc1. The minimum atomic E-state index is -0.501. The molecule has 1 aromatic rings. The molecular weight excluding hydrogens is 200 g/mol. The van der Waals surface area contributed by atoms with Gasteiger partial charge in [-0.05, 0) is 23.6 Å². The summed E-state index contributed by atoms with van der Waals surface area (Å²) in [5, 5.41) is 9.83. The zero-order chi connectivity index (χ0) is 10.6. The van der Waals surface area contributed by atoms with Crippen molar-refractivity contribution in [2.24, 2.45) is 5.92 Å². The van der Waals surface area contributed by atoms with E-state index < -0.39 is 6.10 Å². The minimum absolute atomic E-state index is 0.0602. The minimum Gasteiger partial charge on any atom is -0.497 e. The molecule has 0 aliphatic rings. The summed E-state index contributed by atoms with van der Waals surface area (Å²) in [7, 11) is 1.62. The van der Waals surface area contributed by atoms with Gasteiger partial charge in [-0.25, -0.2) is 0 Å². The van der Waals surface area contributed by atoms with Gasteiger partial charge in [-0.3, -0.25) is 0 Å². The molecule has 1 N–H and O–H groups in total. The summed E-state index contributed by atoms with van der Waals surface area (Å²) in [6, 6.07) is 7.37. The lowest BCUT2D eigenvalue weighted by Gasteiger charge is -2.16. The summed E-state index contributed by atoms with van der Waals surface area (Å²) in [6.45, 7) is 1.92. The van der Waals surface area contributed by atoms with Crippen molar-refractivity contribution in [1.29, 1.82) is 0 Å². The summed E-state index contributed by atoms with van der Waals surface area (Å²) in [5.41, 5.74) is 0.874. The van der Waals surface area contributed by atoms with E-state index in [9.17, 15) is 5.11 Å². The fraction of sp³-hybridized carbons (Fsp3) is 0.455. The second-order valence-corrected chi connectivity index (χ2v) is 3.66. The normalized spacial score (nSPS) is 14.9. The molecule has 0 aliphatic heterocycles. The molecular formula is C11H15ClO2. The lowest BCUT2D eigenvalue weighted by atomic mass is 9.99. The molecule has 1 rings (SSSR count). The fourth-order valence-corrected chi connectivity index (χ4v) is 1.38. The maximum atomic E-state index is 9.83. The predicted molar refractivity (Wildman–Crippen MR) is 57.8 cm³/mol. The molecule has 0 aromatic heterocycles. The smallest absolute Gasteiger partial charge is 0.118 e. The number of benzene rings is 1. The second kappa shape index (κ2) is 5.23. The first-order chi connectivity index (χ1) is 6.69. The molecule has 0 heterocycles. The van der Waals surface area contributed by atoms with Crippen LogP contribution in [0.4, 0.5) is 0 Å². The lowest BCUT2D eigenvalue weighted by Crippen LogP contribution is -2.10. The molecule has 0 saturated heterocycles. The van der Waals surface area contributed by atoms with Crippen molar-refractivity contribution < 1.29 is 9.84 Å². The average molecular weight is 215 g/mol. The van der Waals surface area contributed by atoms with E-state index in [0.717, 1.165) is 11.3 Å². The van der Waals surface area contributed by atoms with Gasteiger partial charge in [-0.15, -0.1) is 11.6 Å². The Kier molecular flexibility index (Phi) is 4.23. The van der Waals surface area contributed by atoms with Crippen molar-refractivity contribution in [3.63, 3.8) is 0 Å². The highest BCUT2D eigenvalue weighted by molar-refractivity contribution is 6.18. The Morgan fingerprint density at radius 2 is 1.93 bits per heavy atom. The topological polar surface area (TPSA) is 29.5 Å². The van der Waals surface area contributed by atoms with E-state index in [1.165, 1.54) is 0 Å². The van der Waals surface area contributed by atoms with E-state index in [2.05, 4.69) is 0 Å². The van der Waals surface area contributed by atoms with Crippen molar-refractivity contribution in [2.75, 3.05) is 13.0 Å². The first-order valence-electron chi connectivity index (χ1n) is 4.57. The van der Waals surface area contributed by atoms with Crippen LogP contribution >= 0.6 is 11.6 Å². The molecule has 2 unspecified atom stereocenters. The molecule has 2 nitrogen and oxygen atoms in total. The number of rotatable bonds is 4. The molecule has 0 saturated carbocycles. The van der Waals surface area contributed by atoms with Gasteiger partial charge in [0.2, 0.25) is 0 Å². The van der Waals surface area contributed by atoms with Crippen molar-refractivity contribution in [3.8, 4) is 5.75 Å². The van der Waals surface area contributed by atoms with Gasteiger partial charge in [0.25, 0.3) is 0 Å². The molecule has 3 heteroatoms. The largest absolute Gasteiger partial charge is 0.497 e. The number of halogens is 1. The number of alkyl halides is 1. The van der Waals surface area contributed by atoms with E-state index in [-0.39, 0.29) is 5.92 Å². The number of hydrogen-bond donors (Lipinski definition) is 1. The van der Waals surface area contributed by atoms with Gasteiger partial charge in [-0.1, -0.05) is 19.1 Å². The van der Waals surface area contributed by atoms with Gasteiger partial charge in [0.15, 0.2) is 0 Å². The molecule has 0 bridgehead atoms. The number of aliphatic hydroxyl groups is 1. The maximum absolute atomic E-state index is 9.83. The highest BCUT2D eigenvalue weighted by Gasteiger charge is 2.14. The first kappa shape index (κ1) is 11.3. The Hall–Kier alpha value is -0.730. The molecule has 0 spiro atoms. The molecule has 14 heavy (non-hydrogen) atoms. The standard InChI is InChI=1S/C11H15ClO2/c1-8(7-12)11(13)9-3-5-10(14-2)6-4-9/h3-6,8,11,13H,7H2,1-2H3. The Bertz CT molecular complexity index is 271. The van der Waals surface area contributed by atoms with E-state index in [4.69, 9.17) is 16.3 Å². The van der Waals surface area contributed by atoms with Crippen LogP contribution in [0.2, 0.25) is 0 Å². The van der Waals surface area contributed by atoms with Crippen LogP contribution < -0.4 is 4.74 Å². The van der Waals surface area contributed by atoms with Crippen LogP contribution in [-0.4, -0.2) is 18.1 Å². The third-order valence-electron chi connectivity index (χ3n) is 2.24. The maximum Gasteiger partial charge on any atom is 0.118 e. The number of methoxy groups -OCH3 is 1. The van der Waals surface area contributed by atoms with Crippen LogP contribution in [0.25, 0.3) is 0 Å². The highest BCUT2D eigenvalue weighted by Crippen LogP contribution is 2.24. The van der Waals surface area contributed by atoms with Gasteiger partial charge < -0.3 is 9.84 Å². The van der Waals surface area contributed by atoms with Crippen LogP contribution in [-0.2, 0) is 0 Å². The Labute approximate surface area is 89.5 Å². The molecule has 0 fully saturated rings. The van der Waals surface area contributed by atoms with Gasteiger partial charge in [0.05, 0.1) is 13.2 Å². The molecule has 78 valence electrons. The Morgan fingerprint density at radius 1 is 1.36 bits per heavy atom. The third-order valence-corrected chi connectivity index (χ3v) is 2.73. The second-order valence-electron chi connectivity index (χ2n) is 3.35. The summed E-state index contributed by atoms with van der Waals surface area (Å²) < 4.78 is 5.03. The van der Waals surface area contributed by atoms with Crippen LogP contribution in [0.5, 0.6) is 5.75 Å². The monoisotopic (exact) mass is 214 g/mol. The van der Waals surface area contributed by atoms with Crippen molar-refractivity contribution in [1.82, 2.24) is 0 Å². The highest BCUT2D eigenvalue weighted by atomic mass is 35.5. The summed E-state index contributed by atoms with van der Waals surface area (Å²) in [6.07, 6.45) is -0.501. The van der Waals surface area contributed by atoms with E-state index in [0.29, 0.717) is 5.88 Å². The van der Waals surface area contributed by atoms with Crippen molar-refractivity contribution in [3.05, 3.63) is 29.8 Å². The van der Waals surface area contributed by atoms with Gasteiger partial charge in [-0.2, -0.15) is 0 Å². The van der Waals surface area contributed by atoms with E-state index in [1.807, 2.05) is 31.2 Å². The van der Waals surface area contributed by atoms with Crippen LogP contribution in [0.1, 0.15) is 18.6 Å². The number of hydrogen-bond acceptors (Lipinski definition) is 2. The van der Waals surface area contributed by atoms with Crippen LogP contribution in [0.3, 0.4) is 0 Å². The number of aliphatic hydroxyl groups excluding tert-OH is 1. The molecule has 0 amide bonds. The average Bonchev–Trinajstić information content (AvgIpc) is 2.27. The summed E-state index contributed by atoms with van der Waals surface area (Å²) in [5.74, 6) is 1.30. The summed E-state index contributed by atoms with van der Waals surface area (Å²) in [4.78, 5) is 0. The molecule has 1 aromatic carbocycles. The zero-order valence-electron chi connectivity index (χ0n) is 8.40. The zero-order valence-corrected chi connectivity index (χ0v) is 9.16. The van der Waals surface area contributed by atoms with E-state index >= 15 is 0 Å². The van der Waals surface area contributed by atoms with Gasteiger partial charge in [0, 0.05) is 5.88 Å². The summed E-state index contributed by atoms with van der Waals surface area (Å²) >= 11 is 5.67. The quantitative estimate of drug-likeness (QED) is 0.781. The molecule has 0 aliphatic carbocycles. The Morgan fingerprint density at radius 3 is 2.36 bits per heavy atom. The first-order valence-corrected chi connectivity index (χ1v) is 5.10. The number of ether oxygens (including phenoxy) is 1. The van der Waals surface area contributed by atoms with Gasteiger partial charge >= 0.3 is 0 Å². The van der Waals surface area contributed by atoms with Crippen LogP contribution in [0.15, 0.2) is 24.3 Å². The Balaban J connectivity index is 2.75. The van der Waals surface area contributed by atoms with Crippen molar-refractivity contribution >= 4 is 11.6 Å². The fourth-order valence-electron chi connectivity index (χ4n) is 1.21. The van der Waals surface area contributed by atoms with Gasteiger partial charge in [0.1, 0.15) is 5.75 Å². The third kappa shape index (κ3) is 2.63. The molecule has 2 atom stereocenters.